The summed E-state index contributed by atoms with van der Waals surface area (Å²) in [7, 11) is 2.14. The van der Waals surface area contributed by atoms with Crippen molar-refractivity contribution in [2.45, 2.75) is 25.5 Å². The molecule has 2 aliphatic rings. The average molecular weight is 226 g/mol. The van der Waals surface area contributed by atoms with E-state index in [1.165, 1.54) is 0 Å². The Morgan fingerprint density at radius 3 is 3.06 bits per heavy atom. The molecule has 16 heavy (non-hydrogen) atoms. The van der Waals surface area contributed by atoms with Crippen molar-refractivity contribution in [1.82, 2.24) is 10.2 Å². The minimum absolute atomic E-state index is 0.211. The fourth-order valence-electron chi connectivity index (χ4n) is 2.30. The van der Waals surface area contributed by atoms with Crippen LogP contribution in [-0.2, 0) is 9.47 Å². The van der Waals surface area contributed by atoms with Gasteiger partial charge in [-0.15, -0.1) is 0 Å². The predicted molar refractivity (Wildman–Crippen MR) is 63.4 cm³/mol. The van der Waals surface area contributed by atoms with Crippen molar-refractivity contribution in [1.29, 1.82) is 0 Å². The van der Waals surface area contributed by atoms with Crippen LogP contribution in [0, 0.1) is 0 Å². The topological polar surface area (TPSA) is 33.7 Å². The van der Waals surface area contributed by atoms with E-state index in [1.807, 2.05) is 0 Å². The first kappa shape index (κ1) is 11.9. The van der Waals surface area contributed by atoms with Gasteiger partial charge in [0.2, 0.25) is 0 Å². The second-order valence-corrected chi connectivity index (χ2v) is 4.45. The van der Waals surface area contributed by atoms with Gasteiger partial charge >= 0.3 is 0 Å². The van der Waals surface area contributed by atoms with E-state index in [0.29, 0.717) is 0 Å². The molecule has 0 bridgehead atoms. The molecule has 4 heteroatoms. The number of nitrogens with one attached hydrogen (secondary N) is 1. The van der Waals surface area contributed by atoms with Crippen LogP contribution in [0.25, 0.3) is 0 Å². The second kappa shape index (κ2) is 5.66. The summed E-state index contributed by atoms with van der Waals surface area (Å²) in [6.45, 7) is 6.69. The standard InChI is InChI=1S/C12H22N2O2/c1-3-13-12(10-5-4-7-15-10)11-9-14(2)6-8-16-11/h5,11-13H,3-4,6-9H2,1-2H3. The molecule has 0 aliphatic carbocycles. The van der Waals surface area contributed by atoms with Crippen LogP contribution in [0.5, 0.6) is 0 Å². The van der Waals surface area contributed by atoms with Gasteiger partial charge in [-0.05, 0) is 19.7 Å². The van der Waals surface area contributed by atoms with Gasteiger partial charge in [-0.1, -0.05) is 6.92 Å². The lowest BCUT2D eigenvalue weighted by Gasteiger charge is -2.35. The van der Waals surface area contributed by atoms with Gasteiger partial charge in [0, 0.05) is 19.5 Å². The number of rotatable bonds is 4. The summed E-state index contributed by atoms with van der Waals surface area (Å²) >= 11 is 0. The Labute approximate surface area is 97.6 Å². The number of morpholine rings is 1. The first-order valence-corrected chi connectivity index (χ1v) is 6.17. The molecule has 0 radical (unpaired) electrons. The van der Waals surface area contributed by atoms with Crippen LogP contribution in [0.2, 0.25) is 0 Å². The Hall–Kier alpha value is -0.580. The van der Waals surface area contributed by atoms with Gasteiger partial charge in [0.1, 0.15) is 5.76 Å². The van der Waals surface area contributed by atoms with Crippen LogP contribution in [0.3, 0.4) is 0 Å². The molecule has 1 fully saturated rings. The smallest absolute Gasteiger partial charge is 0.112 e. The van der Waals surface area contributed by atoms with Gasteiger partial charge in [0.05, 0.1) is 25.4 Å². The van der Waals surface area contributed by atoms with Crippen LogP contribution >= 0.6 is 0 Å². The highest BCUT2D eigenvalue weighted by molar-refractivity contribution is 5.10. The molecular formula is C12H22N2O2. The van der Waals surface area contributed by atoms with Crippen molar-refractivity contribution in [3.05, 3.63) is 11.8 Å². The summed E-state index contributed by atoms with van der Waals surface area (Å²) in [6, 6.07) is 0.218. The van der Waals surface area contributed by atoms with E-state index in [9.17, 15) is 0 Å². The lowest BCUT2D eigenvalue weighted by atomic mass is 10.1. The number of hydrogen-bond donors (Lipinski definition) is 1. The Kier molecular flexibility index (Phi) is 4.21. The maximum absolute atomic E-state index is 5.85. The number of hydrogen-bond acceptors (Lipinski definition) is 4. The van der Waals surface area contributed by atoms with Gasteiger partial charge in [-0.2, -0.15) is 0 Å². The molecule has 0 amide bonds. The van der Waals surface area contributed by atoms with Crippen LogP contribution in [-0.4, -0.2) is 56.9 Å². The molecule has 1 saturated heterocycles. The minimum Gasteiger partial charge on any atom is -0.496 e. The monoisotopic (exact) mass is 226 g/mol. The summed E-state index contributed by atoms with van der Waals surface area (Å²) in [4.78, 5) is 2.31. The van der Waals surface area contributed by atoms with E-state index in [2.05, 4.69) is 30.3 Å². The minimum atomic E-state index is 0.211. The first-order valence-electron chi connectivity index (χ1n) is 6.17. The van der Waals surface area contributed by atoms with Crippen LogP contribution in [0.1, 0.15) is 13.3 Å². The highest BCUT2D eigenvalue weighted by atomic mass is 16.5. The number of ether oxygens (including phenoxy) is 2. The molecule has 0 spiro atoms. The highest BCUT2D eigenvalue weighted by Crippen LogP contribution is 2.19. The van der Waals surface area contributed by atoms with E-state index >= 15 is 0 Å². The SMILES string of the molecule is CCNC(C1=CCCO1)C1CN(C)CCO1. The third-order valence-electron chi connectivity index (χ3n) is 3.13. The largest absolute Gasteiger partial charge is 0.496 e. The van der Waals surface area contributed by atoms with E-state index in [0.717, 1.165) is 45.0 Å². The van der Waals surface area contributed by atoms with Crippen LogP contribution < -0.4 is 5.32 Å². The van der Waals surface area contributed by atoms with E-state index < -0.39 is 0 Å². The normalized spacial score (nSPS) is 28.6. The van der Waals surface area contributed by atoms with Gasteiger partial charge in [0.25, 0.3) is 0 Å². The molecule has 2 heterocycles. The predicted octanol–water partition coefficient (Wildman–Crippen LogP) is 0.599. The highest BCUT2D eigenvalue weighted by Gasteiger charge is 2.30. The molecule has 0 aromatic heterocycles. The Bertz CT molecular complexity index is 255. The fraction of sp³-hybridized carbons (Fsp3) is 0.833. The quantitative estimate of drug-likeness (QED) is 0.761. The molecule has 0 aromatic rings. The van der Waals surface area contributed by atoms with Gasteiger partial charge in [0.15, 0.2) is 0 Å². The van der Waals surface area contributed by atoms with Crippen LogP contribution in [0.15, 0.2) is 11.8 Å². The Balaban J connectivity index is 1.99. The molecule has 92 valence electrons. The van der Waals surface area contributed by atoms with E-state index in [4.69, 9.17) is 9.47 Å². The molecule has 1 N–H and O–H groups in total. The molecular weight excluding hydrogens is 204 g/mol. The second-order valence-electron chi connectivity index (χ2n) is 4.45. The number of likely N-dealkylation sites (N-methyl/N-ethyl adjacent to an activating group) is 2. The zero-order chi connectivity index (χ0) is 11.4. The summed E-state index contributed by atoms with van der Waals surface area (Å²) in [5.41, 5.74) is 0. The third-order valence-corrected chi connectivity index (χ3v) is 3.13. The molecule has 2 aliphatic heterocycles. The summed E-state index contributed by atoms with van der Waals surface area (Å²) in [5, 5.41) is 3.47. The summed E-state index contributed by atoms with van der Waals surface area (Å²) in [6.07, 6.45) is 3.42. The summed E-state index contributed by atoms with van der Waals surface area (Å²) < 4.78 is 11.5. The lowest BCUT2D eigenvalue weighted by molar-refractivity contribution is -0.0397. The van der Waals surface area contributed by atoms with Gasteiger partial charge in [-0.25, -0.2) is 0 Å². The maximum Gasteiger partial charge on any atom is 0.112 e. The Morgan fingerprint density at radius 1 is 1.56 bits per heavy atom. The Morgan fingerprint density at radius 2 is 2.44 bits per heavy atom. The molecule has 2 rings (SSSR count). The molecule has 4 nitrogen and oxygen atoms in total. The van der Waals surface area contributed by atoms with E-state index in [-0.39, 0.29) is 12.1 Å². The zero-order valence-electron chi connectivity index (χ0n) is 10.2. The van der Waals surface area contributed by atoms with Crippen LogP contribution in [0.4, 0.5) is 0 Å². The van der Waals surface area contributed by atoms with E-state index in [1.54, 1.807) is 0 Å². The fourth-order valence-corrected chi connectivity index (χ4v) is 2.30. The molecule has 0 saturated carbocycles. The van der Waals surface area contributed by atoms with Crippen molar-refractivity contribution in [2.24, 2.45) is 0 Å². The summed E-state index contributed by atoms with van der Waals surface area (Å²) in [5.74, 6) is 1.07. The van der Waals surface area contributed by atoms with Gasteiger partial charge < -0.3 is 19.7 Å². The maximum atomic E-state index is 5.85. The molecule has 2 unspecified atom stereocenters. The third kappa shape index (κ3) is 2.75. The van der Waals surface area contributed by atoms with Crippen molar-refractivity contribution < 1.29 is 9.47 Å². The van der Waals surface area contributed by atoms with Crippen molar-refractivity contribution in [3.63, 3.8) is 0 Å². The van der Waals surface area contributed by atoms with Crippen molar-refractivity contribution >= 4 is 0 Å². The molecule has 2 atom stereocenters. The average Bonchev–Trinajstić information content (AvgIpc) is 2.79. The van der Waals surface area contributed by atoms with Crippen molar-refractivity contribution in [3.8, 4) is 0 Å². The molecule has 0 aromatic carbocycles. The first-order chi connectivity index (χ1) is 7.81. The zero-order valence-corrected chi connectivity index (χ0v) is 10.2. The number of nitrogens with zero attached hydrogens (tertiary/aromatic N) is 1. The van der Waals surface area contributed by atoms with Crippen molar-refractivity contribution in [2.75, 3.05) is 39.9 Å². The lowest BCUT2D eigenvalue weighted by Crippen LogP contribution is -2.52. The van der Waals surface area contributed by atoms with Gasteiger partial charge in [-0.3, -0.25) is 0 Å².